The first-order chi connectivity index (χ1) is 10.1. The zero-order valence-corrected chi connectivity index (χ0v) is 13.4. The van der Waals surface area contributed by atoms with Gasteiger partial charge in [-0.25, -0.2) is 4.68 Å². The molecule has 0 aromatic carbocycles. The van der Waals surface area contributed by atoms with E-state index in [0.717, 1.165) is 19.0 Å². The zero-order chi connectivity index (χ0) is 14.8. The molecule has 2 fully saturated rings. The van der Waals surface area contributed by atoms with Crippen LogP contribution in [0.25, 0.3) is 0 Å². The summed E-state index contributed by atoms with van der Waals surface area (Å²) in [6, 6.07) is 0. The molecule has 5 heteroatoms. The van der Waals surface area contributed by atoms with Gasteiger partial charge in [0.2, 0.25) is 0 Å². The summed E-state index contributed by atoms with van der Waals surface area (Å²) in [4.78, 5) is 12.5. The summed E-state index contributed by atoms with van der Waals surface area (Å²) in [5.41, 5.74) is 0.463. The van der Waals surface area contributed by atoms with E-state index in [2.05, 4.69) is 17.3 Å². The zero-order valence-electron chi connectivity index (χ0n) is 12.6. The van der Waals surface area contributed by atoms with Crippen molar-refractivity contribution in [3.63, 3.8) is 0 Å². The van der Waals surface area contributed by atoms with Crippen molar-refractivity contribution in [2.45, 2.75) is 52.0 Å². The minimum Gasteiger partial charge on any atom is -0.379 e. The molecule has 2 atom stereocenters. The second-order valence-corrected chi connectivity index (χ2v) is 7.11. The molecule has 0 saturated heterocycles. The molecule has 21 heavy (non-hydrogen) atoms. The van der Waals surface area contributed by atoms with Crippen molar-refractivity contribution >= 4 is 17.3 Å². The van der Waals surface area contributed by atoms with Crippen LogP contribution in [-0.2, 0) is 6.54 Å². The second kappa shape index (κ2) is 6.39. The van der Waals surface area contributed by atoms with E-state index < -0.39 is 0 Å². The van der Waals surface area contributed by atoms with Gasteiger partial charge in [0, 0.05) is 13.1 Å². The van der Waals surface area contributed by atoms with Gasteiger partial charge in [-0.1, -0.05) is 37.8 Å². The monoisotopic (exact) mass is 309 g/mol. The van der Waals surface area contributed by atoms with E-state index >= 15 is 0 Å². The molecule has 1 N–H and O–H groups in total. The third-order valence-corrected chi connectivity index (χ3v) is 5.52. The lowest BCUT2D eigenvalue weighted by molar-refractivity contribution is 0.262. The minimum absolute atomic E-state index is 0.0694. The molecule has 1 heterocycles. The summed E-state index contributed by atoms with van der Waals surface area (Å²) in [5, 5.41) is 7.93. The minimum atomic E-state index is -0.0694. The lowest BCUT2D eigenvalue weighted by Crippen LogP contribution is -2.31. The van der Waals surface area contributed by atoms with Crippen molar-refractivity contribution in [1.82, 2.24) is 9.78 Å². The number of aromatic nitrogens is 2. The average Bonchev–Trinajstić information content (AvgIpc) is 2.81. The van der Waals surface area contributed by atoms with Crippen LogP contribution in [0.3, 0.4) is 0 Å². The normalized spacial score (nSPS) is 25.8. The predicted molar refractivity (Wildman–Crippen MR) is 85.8 cm³/mol. The fourth-order valence-electron chi connectivity index (χ4n) is 3.44. The molecule has 0 aliphatic heterocycles. The van der Waals surface area contributed by atoms with E-state index in [-0.39, 0.29) is 5.56 Å². The van der Waals surface area contributed by atoms with Gasteiger partial charge in [-0.15, -0.1) is 0 Å². The first kappa shape index (κ1) is 14.9. The quantitative estimate of drug-likeness (QED) is 0.905. The highest BCUT2D eigenvalue weighted by molar-refractivity contribution is 6.32. The van der Waals surface area contributed by atoms with Crippen molar-refractivity contribution in [1.29, 1.82) is 0 Å². The maximum atomic E-state index is 12.5. The van der Waals surface area contributed by atoms with Crippen LogP contribution in [0.2, 0.25) is 5.02 Å². The molecular formula is C16H24ClN3O. The van der Waals surface area contributed by atoms with Gasteiger partial charge in [0.05, 0.1) is 11.2 Å². The average molecular weight is 310 g/mol. The number of anilines is 1. The molecular weight excluding hydrogens is 286 g/mol. The Morgan fingerprint density at radius 3 is 2.71 bits per heavy atom. The van der Waals surface area contributed by atoms with Crippen LogP contribution in [0.5, 0.6) is 0 Å². The van der Waals surface area contributed by atoms with E-state index in [1.165, 1.54) is 38.5 Å². The number of hydrogen-bond donors (Lipinski definition) is 1. The predicted octanol–water partition coefficient (Wildman–Crippen LogP) is 3.54. The van der Waals surface area contributed by atoms with Gasteiger partial charge in [-0.2, -0.15) is 5.10 Å². The Morgan fingerprint density at radius 1 is 1.33 bits per heavy atom. The van der Waals surface area contributed by atoms with Gasteiger partial charge in [0.25, 0.3) is 5.56 Å². The molecule has 0 amide bonds. The first-order valence-corrected chi connectivity index (χ1v) is 8.52. The Morgan fingerprint density at radius 2 is 2.10 bits per heavy atom. The number of nitrogens with zero attached hydrogens (tertiary/aromatic N) is 2. The Kier molecular flexibility index (Phi) is 4.53. The summed E-state index contributed by atoms with van der Waals surface area (Å²) in [7, 11) is 0. The third kappa shape index (κ3) is 3.25. The van der Waals surface area contributed by atoms with Crippen molar-refractivity contribution in [2.75, 3.05) is 11.9 Å². The van der Waals surface area contributed by atoms with Gasteiger partial charge in [-0.05, 0) is 37.0 Å². The SMILES string of the molecule is CC1CCCC1CNc1c(Cl)cnn(CC2CCC2)c1=O. The standard InChI is InChI=1S/C16H24ClN3O/c1-11-4-2-7-13(11)8-18-15-14(17)9-19-20(16(15)21)10-12-5-3-6-12/h9,11-13,18H,2-8,10H2,1H3. The smallest absolute Gasteiger partial charge is 0.291 e. The molecule has 2 unspecified atom stereocenters. The number of halogens is 1. The molecule has 2 aliphatic rings. The molecule has 1 aromatic rings. The Hall–Kier alpha value is -1.03. The molecule has 4 nitrogen and oxygen atoms in total. The van der Waals surface area contributed by atoms with Gasteiger partial charge in [0.15, 0.2) is 0 Å². The van der Waals surface area contributed by atoms with Crippen molar-refractivity contribution in [3.05, 3.63) is 21.6 Å². The highest BCUT2D eigenvalue weighted by Gasteiger charge is 2.24. The van der Waals surface area contributed by atoms with Crippen LogP contribution < -0.4 is 10.9 Å². The first-order valence-electron chi connectivity index (χ1n) is 8.14. The summed E-state index contributed by atoms with van der Waals surface area (Å²) < 4.78 is 1.58. The van der Waals surface area contributed by atoms with E-state index in [9.17, 15) is 4.79 Å². The molecule has 116 valence electrons. The Balaban J connectivity index is 1.70. The molecule has 2 aliphatic carbocycles. The van der Waals surface area contributed by atoms with Crippen LogP contribution in [0, 0.1) is 17.8 Å². The molecule has 1 aromatic heterocycles. The van der Waals surface area contributed by atoms with Crippen LogP contribution in [-0.4, -0.2) is 16.3 Å². The summed E-state index contributed by atoms with van der Waals surface area (Å²) in [5.74, 6) is 1.99. The van der Waals surface area contributed by atoms with Crippen LogP contribution >= 0.6 is 11.6 Å². The number of hydrogen-bond acceptors (Lipinski definition) is 3. The lowest BCUT2D eigenvalue weighted by atomic mass is 9.85. The fourth-order valence-corrected chi connectivity index (χ4v) is 3.63. The number of rotatable bonds is 5. The van der Waals surface area contributed by atoms with E-state index in [0.29, 0.717) is 22.5 Å². The van der Waals surface area contributed by atoms with Gasteiger partial charge >= 0.3 is 0 Å². The van der Waals surface area contributed by atoms with Gasteiger partial charge < -0.3 is 5.32 Å². The summed E-state index contributed by atoms with van der Waals surface area (Å²) in [6.07, 6.45) is 9.12. The highest BCUT2D eigenvalue weighted by atomic mass is 35.5. The van der Waals surface area contributed by atoms with E-state index in [4.69, 9.17) is 11.6 Å². The lowest BCUT2D eigenvalue weighted by Gasteiger charge is -2.25. The second-order valence-electron chi connectivity index (χ2n) is 6.70. The maximum Gasteiger partial charge on any atom is 0.291 e. The van der Waals surface area contributed by atoms with Crippen LogP contribution in [0.1, 0.15) is 45.4 Å². The summed E-state index contributed by atoms with van der Waals surface area (Å²) in [6.45, 7) is 3.86. The van der Waals surface area contributed by atoms with Crippen LogP contribution in [0.15, 0.2) is 11.0 Å². The van der Waals surface area contributed by atoms with Gasteiger partial charge in [0.1, 0.15) is 5.69 Å². The topological polar surface area (TPSA) is 46.9 Å². The molecule has 3 rings (SSSR count). The molecule has 0 spiro atoms. The van der Waals surface area contributed by atoms with E-state index in [1.54, 1.807) is 10.9 Å². The maximum absolute atomic E-state index is 12.5. The third-order valence-electron chi connectivity index (χ3n) is 5.23. The van der Waals surface area contributed by atoms with Crippen molar-refractivity contribution < 1.29 is 0 Å². The van der Waals surface area contributed by atoms with E-state index in [1.807, 2.05) is 0 Å². The van der Waals surface area contributed by atoms with Gasteiger partial charge in [-0.3, -0.25) is 4.79 Å². The number of nitrogens with one attached hydrogen (secondary N) is 1. The Bertz CT molecular complexity index is 553. The fraction of sp³-hybridized carbons (Fsp3) is 0.750. The van der Waals surface area contributed by atoms with Crippen molar-refractivity contribution in [2.24, 2.45) is 17.8 Å². The molecule has 0 radical (unpaired) electrons. The molecule has 0 bridgehead atoms. The molecule has 2 saturated carbocycles. The largest absolute Gasteiger partial charge is 0.379 e. The Labute approximate surface area is 130 Å². The van der Waals surface area contributed by atoms with Crippen LogP contribution in [0.4, 0.5) is 5.69 Å². The summed E-state index contributed by atoms with van der Waals surface area (Å²) >= 11 is 6.17. The highest BCUT2D eigenvalue weighted by Crippen LogP contribution is 2.31. The van der Waals surface area contributed by atoms with Crippen molar-refractivity contribution in [3.8, 4) is 0 Å².